The van der Waals surface area contributed by atoms with Crippen molar-refractivity contribution in [3.63, 3.8) is 0 Å². The lowest BCUT2D eigenvalue weighted by Crippen LogP contribution is -1.77. The van der Waals surface area contributed by atoms with Crippen LogP contribution in [0, 0.1) is 0 Å². The van der Waals surface area contributed by atoms with Crippen LogP contribution in [-0.2, 0) is 0 Å². The van der Waals surface area contributed by atoms with E-state index in [1.54, 1.807) is 18.4 Å². The van der Waals surface area contributed by atoms with Crippen molar-refractivity contribution in [1.82, 2.24) is 0 Å². The van der Waals surface area contributed by atoms with E-state index in [1.807, 2.05) is 12.1 Å². The minimum Gasteiger partial charge on any atom is -0.464 e. The van der Waals surface area contributed by atoms with E-state index in [4.69, 9.17) is 27.6 Å². The SMILES string of the molecule is Clc1cc(-c2ccco2)cc(Cl)c1Br. The lowest BCUT2D eigenvalue weighted by molar-refractivity contribution is 0.582. The second kappa shape index (κ2) is 3.97. The molecule has 0 aliphatic heterocycles. The molecule has 72 valence electrons. The largest absolute Gasteiger partial charge is 0.464 e. The number of rotatable bonds is 1. The zero-order valence-electron chi connectivity index (χ0n) is 6.93. The molecular weight excluding hydrogens is 287 g/mol. The predicted molar refractivity (Wildman–Crippen MR) is 61.9 cm³/mol. The minimum atomic E-state index is 0.573. The van der Waals surface area contributed by atoms with Gasteiger partial charge in [0.15, 0.2) is 0 Å². The molecule has 1 aromatic carbocycles. The fourth-order valence-corrected chi connectivity index (χ4v) is 1.86. The molecule has 0 fully saturated rings. The summed E-state index contributed by atoms with van der Waals surface area (Å²) in [5, 5.41) is 1.15. The average molecular weight is 292 g/mol. The quantitative estimate of drug-likeness (QED) is 0.673. The molecule has 2 aromatic rings. The Balaban J connectivity index is 2.57. The molecule has 0 aliphatic rings. The third kappa shape index (κ3) is 1.83. The Morgan fingerprint density at radius 1 is 1.14 bits per heavy atom. The second-order valence-corrected chi connectivity index (χ2v) is 4.34. The molecule has 0 aliphatic carbocycles. The number of hydrogen-bond donors (Lipinski definition) is 0. The maximum absolute atomic E-state index is 5.96. The standard InChI is InChI=1S/C10H5BrCl2O/c11-10-7(12)4-6(5-8(10)13)9-2-1-3-14-9/h1-5H. The molecule has 0 spiro atoms. The van der Waals surface area contributed by atoms with Gasteiger partial charge in [0.25, 0.3) is 0 Å². The summed E-state index contributed by atoms with van der Waals surface area (Å²) in [5.74, 6) is 0.751. The third-order valence-electron chi connectivity index (χ3n) is 1.79. The van der Waals surface area contributed by atoms with E-state index >= 15 is 0 Å². The minimum absolute atomic E-state index is 0.573. The molecule has 0 unspecified atom stereocenters. The molecular formula is C10H5BrCl2O. The maximum Gasteiger partial charge on any atom is 0.133 e. The van der Waals surface area contributed by atoms with Crippen molar-refractivity contribution in [2.75, 3.05) is 0 Å². The molecule has 0 saturated heterocycles. The summed E-state index contributed by atoms with van der Waals surface area (Å²) in [5.41, 5.74) is 0.869. The summed E-state index contributed by atoms with van der Waals surface area (Å²) >= 11 is 15.2. The van der Waals surface area contributed by atoms with Crippen LogP contribution in [0.5, 0.6) is 0 Å². The number of halogens is 3. The molecule has 1 heterocycles. The van der Waals surface area contributed by atoms with E-state index in [0.29, 0.717) is 14.5 Å². The van der Waals surface area contributed by atoms with Crippen LogP contribution in [-0.4, -0.2) is 0 Å². The smallest absolute Gasteiger partial charge is 0.133 e. The van der Waals surface area contributed by atoms with Crippen molar-refractivity contribution in [1.29, 1.82) is 0 Å². The van der Waals surface area contributed by atoms with Gasteiger partial charge in [0, 0.05) is 5.56 Å². The molecule has 4 heteroatoms. The highest BCUT2D eigenvalue weighted by atomic mass is 79.9. The van der Waals surface area contributed by atoms with Crippen LogP contribution in [0.1, 0.15) is 0 Å². The Hall–Kier alpha value is -0.440. The molecule has 0 amide bonds. The molecule has 0 bridgehead atoms. The normalized spacial score (nSPS) is 10.5. The molecule has 2 rings (SSSR count). The Kier molecular flexibility index (Phi) is 2.86. The lowest BCUT2D eigenvalue weighted by Gasteiger charge is -2.02. The number of hydrogen-bond acceptors (Lipinski definition) is 1. The molecule has 1 aromatic heterocycles. The Morgan fingerprint density at radius 2 is 1.79 bits per heavy atom. The topological polar surface area (TPSA) is 13.1 Å². The summed E-state index contributed by atoms with van der Waals surface area (Å²) in [6.45, 7) is 0. The summed E-state index contributed by atoms with van der Waals surface area (Å²) in [4.78, 5) is 0. The fraction of sp³-hybridized carbons (Fsp3) is 0. The first-order chi connectivity index (χ1) is 6.68. The third-order valence-corrected chi connectivity index (χ3v) is 3.70. The highest BCUT2D eigenvalue weighted by Gasteiger charge is 2.08. The number of furan rings is 1. The second-order valence-electron chi connectivity index (χ2n) is 2.73. The van der Waals surface area contributed by atoms with Crippen molar-refractivity contribution in [2.45, 2.75) is 0 Å². The molecule has 0 radical (unpaired) electrons. The average Bonchev–Trinajstić information content (AvgIpc) is 2.66. The van der Waals surface area contributed by atoms with Gasteiger partial charge < -0.3 is 4.42 Å². The van der Waals surface area contributed by atoms with E-state index in [-0.39, 0.29) is 0 Å². The van der Waals surface area contributed by atoms with Crippen molar-refractivity contribution in [3.05, 3.63) is 45.0 Å². The van der Waals surface area contributed by atoms with Crippen molar-refractivity contribution >= 4 is 39.1 Å². The van der Waals surface area contributed by atoms with E-state index < -0.39 is 0 Å². The van der Waals surface area contributed by atoms with Gasteiger partial charge in [-0.05, 0) is 40.2 Å². The van der Waals surface area contributed by atoms with Gasteiger partial charge in [-0.1, -0.05) is 23.2 Å². The van der Waals surface area contributed by atoms with Crippen LogP contribution >= 0.6 is 39.1 Å². The van der Waals surface area contributed by atoms with Crippen LogP contribution in [0.4, 0.5) is 0 Å². The van der Waals surface area contributed by atoms with Gasteiger partial charge in [-0.15, -0.1) is 0 Å². The van der Waals surface area contributed by atoms with Crippen LogP contribution < -0.4 is 0 Å². The van der Waals surface area contributed by atoms with E-state index in [2.05, 4.69) is 15.9 Å². The van der Waals surface area contributed by atoms with E-state index in [0.717, 1.165) is 11.3 Å². The summed E-state index contributed by atoms with van der Waals surface area (Å²) in [6, 6.07) is 7.28. The van der Waals surface area contributed by atoms with E-state index in [1.165, 1.54) is 0 Å². The Labute approximate surface area is 99.8 Å². The lowest BCUT2D eigenvalue weighted by atomic mass is 10.2. The maximum atomic E-state index is 5.96. The van der Waals surface area contributed by atoms with Crippen molar-refractivity contribution in [2.24, 2.45) is 0 Å². The summed E-state index contributed by atoms with van der Waals surface area (Å²) in [7, 11) is 0. The molecule has 14 heavy (non-hydrogen) atoms. The Bertz CT molecular complexity index is 428. The fourth-order valence-electron chi connectivity index (χ4n) is 1.14. The number of benzene rings is 1. The van der Waals surface area contributed by atoms with Gasteiger partial charge in [-0.2, -0.15) is 0 Å². The van der Waals surface area contributed by atoms with Crippen LogP contribution in [0.15, 0.2) is 39.4 Å². The van der Waals surface area contributed by atoms with E-state index in [9.17, 15) is 0 Å². The first kappa shape index (κ1) is 10.1. The highest BCUT2D eigenvalue weighted by Crippen LogP contribution is 2.35. The van der Waals surface area contributed by atoms with Gasteiger partial charge in [-0.25, -0.2) is 0 Å². The summed E-state index contributed by atoms with van der Waals surface area (Å²) in [6.07, 6.45) is 1.61. The van der Waals surface area contributed by atoms with Crippen molar-refractivity contribution in [3.8, 4) is 11.3 Å². The predicted octanol–water partition coefficient (Wildman–Crippen LogP) is 5.02. The molecule has 0 N–H and O–H groups in total. The van der Waals surface area contributed by atoms with Crippen LogP contribution in [0.3, 0.4) is 0 Å². The van der Waals surface area contributed by atoms with Gasteiger partial charge in [0.1, 0.15) is 5.76 Å². The van der Waals surface area contributed by atoms with Crippen molar-refractivity contribution < 1.29 is 4.42 Å². The summed E-state index contributed by atoms with van der Waals surface area (Å²) < 4.78 is 5.94. The van der Waals surface area contributed by atoms with Gasteiger partial charge in [0.2, 0.25) is 0 Å². The Morgan fingerprint density at radius 3 is 2.29 bits per heavy atom. The monoisotopic (exact) mass is 290 g/mol. The zero-order valence-corrected chi connectivity index (χ0v) is 10.0. The highest BCUT2D eigenvalue weighted by molar-refractivity contribution is 9.10. The molecule has 0 saturated carbocycles. The van der Waals surface area contributed by atoms with Gasteiger partial charge in [-0.3, -0.25) is 0 Å². The molecule has 0 atom stereocenters. The van der Waals surface area contributed by atoms with Gasteiger partial charge in [0.05, 0.1) is 20.8 Å². The van der Waals surface area contributed by atoms with Crippen LogP contribution in [0.2, 0.25) is 10.0 Å². The van der Waals surface area contributed by atoms with Gasteiger partial charge >= 0.3 is 0 Å². The zero-order chi connectivity index (χ0) is 10.1. The first-order valence-electron chi connectivity index (χ1n) is 3.87. The first-order valence-corrected chi connectivity index (χ1v) is 5.42. The molecule has 1 nitrogen and oxygen atoms in total. The van der Waals surface area contributed by atoms with Crippen LogP contribution in [0.25, 0.3) is 11.3 Å².